The smallest absolute Gasteiger partial charge is 0.191 e. The minimum atomic E-state index is 0. The highest BCUT2D eigenvalue weighted by molar-refractivity contribution is 14.0. The number of ether oxygens (including phenoxy) is 3. The molecular formula is C20H34IN3O3. The van der Waals surface area contributed by atoms with Crippen LogP contribution in [0.15, 0.2) is 29.3 Å². The van der Waals surface area contributed by atoms with Crippen molar-refractivity contribution < 1.29 is 14.2 Å². The van der Waals surface area contributed by atoms with Gasteiger partial charge in [-0.25, -0.2) is 4.99 Å². The lowest BCUT2D eigenvalue weighted by Crippen LogP contribution is -2.39. The maximum Gasteiger partial charge on any atom is 0.191 e. The lowest BCUT2D eigenvalue weighted by atomic mass is 10.2. The Morgan fingerprint density at radius 3 is 2.48 bits per heavy atom. The van der Waals surface area contributed by atoms with E-state index >= 15 is 0 Å². The lowest BCUT2D eigenvalue weighted by molar-refractivity contribution is 0.129. The van der Waals surface area contributed by atoms with Gasteiger partial charge in [0.2, 0.25) is 0 Å². The number of benzene rings is 1. The second-order valence-corrected chi connectivity index (χ2v) is 6.44. The van der Waals surface area contributed by atoms with Gasteiger partial charge in [-0.3, -0.25) is 0 Å². The second kappa shape index (κ2) is 14.9. The number of hydrogen-bond acceptors (Lipinski definition) is 4. The summed E-state index contributed by atoms with van der Waals surface area (Å²) < 4.78 is 16.2. The van der Waals surface area contributed by atoms with E-state index < -0.39 is 0 Å². The molecule has 1 aromatic carbocycles. The number of guanidine groups is 1. The summed E-state index contributed by atoms with van der Waals surface area (Å²) in [5.41, 5.74) is 1.14. The molecular weight excluding hydrogens is 457 g/mol. The first-order valence-corrected chi connectivity index (χ1v) is 9.62. The largest absolute Gasteiger partial charge is 0.497 e. The molecule has 1 fully saturated rings. The van der Waals surface area contributed by atoms with Crippen molar-refractivity contribution in [2.45, 2.75) is 32.7 Å². The van der Waals surface area contributed by atoms with E-state index in [2.05, 4.69) is 15.6 Å². The molecule has 1 aliphatic rings. The molecule has 7 heteroatoms. The van der Waals surface area contributed by atoms with Crippen LogP contribution in [0, 0.1) is 5.92 Å². The average Bonchev–Trinajstić information content (AvgIpc) is 3.49. The zero-order chi connectivity index (χ0) is 18.5. The van der Waals surface area contributed by atoms with Gasteiger partial charge in [0.1, 0.15) is 5.75 Å². The maximum atomic E-state index is 5.67. The third kappa shape index (κ3) is 11.4. The third-order valence-corrected chi connectivity index (χ3v) is 4.13. The van der Waals surface area contributed by atoms with Crippen molar-refractivity contribution in [3.05, 3.63) is 29.8 Å². The van der Waals surface area contributed by atoms with Gasteiger partial charge < -0.3 is 24.8 Å². The monoisotopic (exact) mass is 491 g/mol. The van der Waals surface area contributed by atoms with E-state index in [9.17, 15) is 0 Å². The van der Waals surface area contributed by atoms with E-state index in [0.29, 0.717) is 13.2 Å². The Morgan fingerprint density at radius 1 is 1.07 bits per heavy atom. The Hall–Kier alpha value is -1.06. The molecule has 0 saturated heterocycles. The van der Waals surface area contributed by atoms with Gasteiger partial charge >= 0.3 is 0 Å². The highest BCUT2D eigenvalue weighted by atomic mass is 127. The SMILES string of the molecule is CCOCCCNC(=NCc1ccc(OC)cc1)NCCOCC1CC1.I. The van der Waals surface area contributed by atoms with Crippen molar-refractivity contribution in [1.82, 2.24) is 10.6 Å². The number of nitrogens with one attached hydrogen (secondary N) is 2. The predicted octanol–water partition coefficient (Wildman–Crippen LogP) is 3.20. The molecule has 6 nitrogen and oxygen atoms in total. The van der Waals surface area contributed by atoms with Crippen molar-refractivity contribution in [3.63, 3.8) is 0 Å². The van der Waals surface area contributed by atoms with Gasteiger partial charge in [-0.1, -0.05) is 12.1 Å². The van der Waals surface area contributed by atoms with Crippen LogP contribution in [0.25, 0.3) is 0 Å². The van der Waals surface area contributed by atoms with Crippen molar-refractivity contribution in [2.24, 2.45) is 10.9 Å². The summed E-state index contributed by atoms with van der Waals surface area (Å²) in [5.74, 6) is 2.47. The van der Waals surface area contributed by atoms with E-state index in [0.717, 1.165) is 62.5 Å². The third-order valence-electron chi connectivity index (χ3n) is 4.13. The molecule has 1 saturated carbocycles. The predicted molar refractivity (Wildman–Crippen MR) is 120 cm³/mol. The Balaban J connectivity index is 0.00000364. The van der Waals surface area contributed by atoms with Gasteiger partial charge in [0.05, 0.1) is 20.3 Å². The summed E-state index contributed by atoms with van der Waals surface area (Å²) in [4.78, 5) is 4.67. The van der Waals surface area contributed by atoms with Crippen LogP contribution in [0.1, 0.15) is 31.7 Å². The molecule has 0 unspecified atom stereocenters. The molecule has 1 aliphatic carbocycles. The average molecular weight is 491 g/mol. The number of nitrogens with zero attached hydrogens (tertiary/aromatic N) is 1. The van der Waals surface area contributed by atoms with Crippen LogP contribution in [0.5, 0.6) is 5.75 Å². The Labute approximate surface area is 180 Å². The maximum absolute atomic E-state index is 5.67. The molecule has 1 aromatic rings. The van der Waals surface area contributed by atoms with E-state index in [1.165, 1.54) is 12.8 Å². The molecule has 0 aliphatic heterocycles. The highest BCUT2D eigenvalue weighted by Gasteiger charge is 2.20. The number of hydrogen-bond donors (Lipinski definition) is 2. The van der Waals surface area contributed by atoms with Crippen molar-refractivity contribution in [3.8, 4) is 5.75 Å². The molecule has 0 atom stereocenters. The topological polar surface area (TPSA) is 64.1 Å². The second-order valence-electron chi connectivity index (χ2n) is 6.44. The molecule has 27 heavy (non-hydrogen) atoms. The van der Waals surface area contributed by atoms with Crippen LogP contribution in [0.4, 0.5) is 0 Å². The summed E-state index contributed by atoms with van der Waals surface area (Å²) in [6, 6.07) is 7.99. The van der Waals surface area contributed by atoms with Crippen molar-refractivity contribution in [2.75, 3.05) is 46.6 Å². The molecule has 2 rings (SSSR count). The van der Waals surface area contributed by atoms with Gasteiger partial charge in [0.25, 0.3) is 0 Å². The van der Waals surface area contributed by atoms with Crippen LogP contribution in [0.3, 0.4) is 0 Å². The van der Waals surface area contributed by atoms with Gasteiger partial charge in [-0.15, -0.1) is 24.0 Å². The first-order chi connectivity index (χ1) is 12.8. The number of halogens is 1. The highest BCUT2D eigenvalue weighted by Crippen LogP contribution is 2.28. The molecule has 0 spiro atoms. The summed E-state index contributed by atoms with van der Waals surface area (Å²) in [7, 11) is 1.67. The lowest BCUT2D eigenvalue weighted by Gasteiger charge is -2.13. The van der Waals surface area contributed by atoms with E-state index in [1.54, 1.807) is 7.11 Å². The normalized spacial score (nSPS) is 13.8. The van der Waals surface area contributed by atoms with Gasteiger partial charge in [0, 0.05) is 32.9 Å². The van der Waals surface area contributed by atoms with E-state index in [4.69, 9.17) is 14.2 Å². The summed E-state index contributed by atoms with van der Waals surface area (Å²) in [5, 5.41) is 6.71. The van der Waals surface area contributed by atoms with Crippen LogP contribution in [-0.2, 0) is 16.0 Å². The molecule has 2 N–H and O–H groups in total. The Kier molecular flexibility index (Phi) is 13.3. The summed E-state index contributed by atoms with van der Waals surface area (Å²) in [6.07, 6.45) is 3.60. The fraction of sp³-hybridized carbons (Fsp3) is 0.650. The van der Waals surface area contributed by atoms with Gasteiger partial charge in [-0.05, 0) is 49.8 Å². The first kappa shape index (κ1) is 24.0. The van der Waals surface area contributed by atoms with Crippen molar-refractivity contribution in [1.29, 1.82) is 0 Å². The number of aliphatic imine (C=N–C) groups is 1. The zero-order valence-corrected chi connectivity index (χ0v) is 18.9. The van der Waals surface area contributed by atoms with Crippen LogP contribution in [0.2, 0.25) is 0 Å². The fourth-order valence-electron chi connectivity index (χ4n) is 2.38. The molecule has 0 radical (unpaired) electrons. The Bertz CT molecular complexity index is 522. The van der Waals surface area contributed by atoms with Crippen molar-refractivity contribution >= 4 is 29.9 Å². The van der Waals surface area contributed by atoms with E-state index in [-0.39, 0.29) is 24.0 Å². The molecule has 0 heterocycles. The van der Waals surface area contributed by atoms with Crippen LogP contribution < -0.4 is 15.4 Å². The zero-order valence-electron chi connectivity index (χ0n) is 16.5. The quantitative estimate of drug-likeness (QED) is 0.192. The number of methoxy groups -OCH3 is 1. The standard InChI is InChI=1S/C20H33N3O3.HI/c1-3-25-13-4-11-21-20(22-12-14-26-16-18-5-6-18)23-15-17-7-9-19(24-2)10-8-17;/h7-10,18H,3-6,11-16H2,1-2H3,(H2,21,22,23);1H. The molecule has 0 bridgehead atoms. The first-order valence-electron chi connectivity index (χ1n) is 9.62. The summed E-state index contributed by atoms with van der Waals surface area (Å²) >= 11 is 0. The van der Waals surface area contributed by atoms with Crippen LogP contribution in [-0.4, -0.2) is 52.6 Å². The van der Waals surface area contributed by atoms with E-state index in [1.807, 2.05) is 31.2 Å². The molecule has 0 amide bonds. The minimum Gasteiger partial charge on any atom is -0.497 e. The van der Waals surface area contributed by atoms with Gasteiger partial charge in [0.15, 0.2) is 5.96 Å². The van der Waals surface area contributed by atoms with Gasteiger partial charge in [-0.2, -0.15) is 0 Å². The minimum absolute atomic E-state index is 0. The van der Waals surface area contributed by atoms with Crippen LogP contribution >= 0.6 is 24.0 Å². The number of rotatable bonds is 13. The fourth-order valence-corrected chi connectivity index (χ4v) is 2.38. The summed E-state index contributed by atoms with van der Waals surface area (Å²) in [6.45, 7) is 7.34. The Morgan fingerprint density at radius 2 is 1.81 bits per heavy atom. The molecule has 154 valence electrons. The molecule has 0 aromatic heterocycles.